The van der Waals surface area contributed by atoms with Gasteiger partial charge in [0, 0.05) is 19.8 Å². The molecule has 0 atom stereocenters. The molecular weight excluding hydrogens is 258 g/mol. The Hall–Kier alpha value is -2.39. The van der Waals surface area contributed by atoms with E-state index >= 15 is 0 Å². The molecule has 0 spiro atoms. The lowest BCUT2D eigenvalue weighted by Crippen LogP contribution is -2.30. The van der Waals surface area contributed by atoms with Crippen molar-refractivity contribution in [3.63, 3.8) is 0 Å². The first-order chi connectivity index (χ1) is 9.60. The van der Waals surface area contributed by atoms with Gasteiger partial charge >= 0.3 is 5.97 Å². The fraction of sp³-hybridized carbons (Fsp3) is 0.357. The van der Waals surface area contributed by atoms with Gasteiger partial charge in [0.2, 0.25) is 0 Å². The van der Waals surface area contributed by atoms with E-state index in [1.54, 1.807) is 19.2 Å². The zero-order valence-electron chi connectivity index (χ0n) is 11.5. The molecule has 6 heteroatoms. The smallest absolute Gasteiger partial charge is 0.307 e. The topological polar surface area (TPSA) is 85.5 Å². The van der Waals surface area contributed by atoms with Gasteiger partial charge in [0.15, 0.2) is 0 Å². The van der Waals surface area contributed by atoms with Crippen LogP contribution < -0.4 is 5.73 Å². The third-order valence-corrected chi connectivity index (χ3v) is 2.56. The van der Waals surface area contributed by atoms with Gasteiger partial charge in [-0.3, -0.25) is 9.59 Å². The predicted molar refractivity (Wildman–Crippen MR) is 73.8 cm³/mol. The fourth-order valence-electron chi connectivity index (χ4n) is 1.47. The van der Waals surface area contributed by atoms with Crippen LogP contribution >= 0.6 is 0 Å². The van der Waals surface area contributed by atoms with Crippen molar-refractivity contribution in [3.8, 4) is 11.8 Å². The Labute approximate surface area is 117 Å². The quantitative estimate of drug-likeness (QED) is 0.619. The van der Waals surface area contributed by atoms with Crippen LogP contribution in [-0.2, 0) is 9.53 Å². The number of hydrogen-bond acceptors (Lipinski definition) is 5. The molecule has 0 aliphatic carbocycles. The van der Waals surface area contributed by atoms with Crippen LogP contribution in [0.5, 0.6) is 0 Å². The molecule has 20 heavy (non-hydrogen) atoms. The average Bonchev–Trinajstić information content (AvgIpc) is 2.49. The van der Waals surface area contributed by atoms with Crippen molar-refractivity contribution in [1.82, 2.24) is 9.88 Å². The lowest BCUT2D eigenvalue weighted by Gasteiger charge is -2.16. The lowest BCUT2D eigenvalue weighted by molar-refractivity contribution is -0.140. The van der Waals surface area contributed by atoms with Crippen molar-refractivity contribution < 1.29 is 14.3 Å². The molecule has 0 aliphatic rings. The SMILES string of the molecule is COC(=O)CCN(C)C(=O)c1ncccc1C#CCN. The van der Waals surface area contributed by atoms with Gasteiger partial charge in [-0.2, -0.15) is 0 Å². The highest BCUT2D eigenvalue weighted by molar-refractivity contribution is 5.94. The number of carbonyl (C=O) groups is 2. The maximum atomic E-state index is 12.2. The molecule has 1 rings (SSSR count). The summed E-state index contributed by atoms with van der Waals surface area (Å²) >= 11 is 0. The van der Waals surface area contributed by atoms with Crippen LogP contribution in [0.15, 0.2) is 18.3 Å². The Balaban J connectivity index is 2.83. The number of pyridine rings is 1. The minimum Gasteiger partial charge on any atom is -0.469 e. The number of ether oxygens (including phenoxy) is 1. The van der Waals surface area contributed by atoms with Crippen LogP contribution in [0.25, 0.3) is 0 Å². The number of nitrogens with zero attached hydrogens (tertiary/aromatic N) is 2. The van der Waals surface area contributed by atoms with E-state index in [-0.39, 0.29) is 37.1 Å². The van der Waals surface area contributed by atoms with Crippen LogP contribution in [0.4, 0.5) is 0 Å². The summed E-state index contributed by atoms with van der Waals surface area (Å²) in [6.45, 7) is 0.465. The van der Waals surface area contributed by atoms with Crippen molar-refractivity contribution in [2.24, 2.45) is 5.73 Å². The molecule has 1 heterocycles. The van der Waals surface area contributed by atoms with Gasteiger partial charge in [0.1, 0.15) is 5.69 Å². The molecular formula is C14H17N3O3. The van der Waals surface area contributed by atoms with Crippen molar-refractivity contribution in [2.45, 2.75) is 6.42 Å². The van der Waals surface area contributed by atoms with Crippen LogP contribution in [0.3, 0.4) is 0 Å². The van der Waals surface area contributed by atoms with Crippen LogP contribution in [0.2, 0.25) is 0 Å². The molecule has 0 aliphatic heterocycles. The van der Waals surface area contributed by atoms with Crippen molar-refractivity contribution >= 4 is 11.9 Å². The molecule has 0 fully saturated rings. The van der Waals surface area contributed by atoms with E-state index in [1.807, 2.05) is 0 Å². The highest BCUT2D eigenvalue weighted by Gasteiger charge is 2.17. The van der Waals surface area contributed by atoms with Crippen molar-refractivity contribution in [3.05, 3.63) is 29.6 Å². The first-order valence-corrected chi connectivity index (χ1v) is 6.06. The van der Waals surface area contributed by atoms with E-state index < -0.39 is 0 Å². The van der Waals surface area contributed by atoms with Gasteiger partial charge in [0.25, 0.3) is 5.91 Å². The number of amides is 1. The minimum absolute atomic E-state index is 0.134. The number of rotatable bonds is 4. The number of aromatic nitrogens is 1. The molecule has 1 aromatic heterocycles. The molecule has 0 unspecified atom stereocenters. The van der Waals surface area contributed by atoms with Crippen molar-refractivity contribution in [1.29, 1.82) is 0 Å². The largest absolute Gasteiger partial charge is 0.469 e. The van der Waals surface area contributed by atoms with Gasteiger partial charge in [-0.1, -0.05) is 11.8 Å². The van der Waals surface area contributed by atoms with E-state index in [9.17, 15) is 9.59 Å². The van der Waals surface area contributed by atoms with Crippen LogP contribution in [0, 0.1) is 11.8 Å². The minimum atomic E-state index is -0.367. The first-order valence-electron chi connectivity index (χ1n) is 6.06. The normalized spacial score (nSPS) is 9.35. The molecule has 106 valence electrons. The molecule has 1 aromatic rings. The summed E-state index contributed by atoms with van der Waals surface area (Å²) in [5, 5.41) is 0. The Kier molecular flexibility index (Phi) is 6.20. The first kappa shape index (κ1) is 15.7. The van der Waals surface area contributed by atoms with Gasteiger partial charge in [-0.05, 0) is 12.1 Å². The maximum absolute atomic E-state index is 12.2. The van der Waals surface area contributed by atoms with Gasteiger partial charge < -0.3 is 15.4 Å². The van der Waals surface area contributed by atoms with Gasteiger partial charge in [0.05, 0.1) is 25.6 Å². The summed E-state index contributed by atoms with van der Waals surface area (Å²) in [4.78, 5) is 28.8. The van der Waals surface area contributed by atoms with E-state index in [0.29, 0.717) is 5.56 Å². The third-order valence-electron chi connectivity index (χ3n) is 2.56. The van der Waals surface area contributed by atoms with E-state index in [1.165, 1.54) is 18.2 Å². The third kappa shape index (κ3) is 4.37. The number of hydrogen-bond donors (Lipinski definition) is 1. The zero-order chi connectivity index (χ0) is 15.0. The van der Waals surface area contributed by atoms with Crippen molar-refractivity contribution in [2.75, 3.05) is 27.2 Å². The molecule has 2 N–H and O–H groups in total. The van der Waals surface area contributed by atoms with Crippen LogP contribution in [-0.4, -0.2) is 49.0 Å². The number of methoxy groups -OCH3 is 1. The lowest BCUT2D eigenvalue weighted by atomic mass is 10.1. The zero-order valence-corrected chi connectivity index (χ0v) is 11.5. The molecule has 0 bridgehead atoms. The molecule has 0 radical (unpaired) electrons. The van der Waals surface area contributed by atoms with Crippen LogP contribution in [0.1, 0.15) is 22.5 Å². The van der Waals surface area contributed by atoms with Gasteiger partial charge in [-0.15, -0.1) is 0 Å². The molecule has 1 amide bonds. The summed E-state index contributed by atoms with van der Waals surface area (Å²) in [6, 6.07) is 3.41. The maximum Gasteiger partial charge on any atom is 0.307 e. The predicted octanol–water partition coefficient (Wildman–Crippen LogP) is 0.0269. The monoisotopic (exact) mass is 275 g/mol. The standard InChI is InChI=1S/C14H17N3O3/c1-17(10-7-12(18)20-2)14(19)13-11(5-3-8-15)6-4-9-16-13/h4,6,9H,7-8,10,15H2,1-2H3. The summed E-state index contributed by atoms with van der Waals surface area (Å²) in [6.07, 6.45) is 1.66. The Bertz CT molecular complexity index is 546. The Morgan fingerprint density at radius 3 is 2.90 bits per heavy atom. The number of esters is 1. The summed E-state index contributed by atoms with van der Waals surface area (Å²) < 4.78 is 4.53. The summed E-state index contributed by atoms with van der Waals surface area (Å²) in [5.41, 5.74) is 6.09. The fourth-order valence-corrected chi connectivity index (χ4v) is 1.47. The highest BCUT2D eigenvalue weighted by Crippen LogP contribution is 2.07. The number of nitrogens with two attached hydrogens (primary N) is 1. The summed E-state index contributed by atoms with van der Waals surface area (Å²) in [5.74, 6) is 4.84. The van der Waals surface area contributed by atoms with E-state index in [4.69, 9.17) is 5.73 Å². The van der Waals surface area contributed by atoms with Gasteiger partial charge in [-0.25, -0.2) is 4.98 Å². The van der Waals surface area contributed by atoms with E-state index in [2.05, 4.69) is 21.6 Å². The Morgan fingerprint density at radius 2 is 2.25 bits per heavy atom. The second-order valence-electron chi connectivity index (χ2n) is 3.96. The Morgan fingerprint density at radius 1 is 1.50 bits per heavy atom. The molecule has 6 nitrogen and oxygen atoms in total. The number of carbonyl (C=O) groups excluding carboxylic acids is 2. The molecule has 0 saturated carbocycles. The highest BCUT2D eigenvalue weighted by atomic mass is 16.5. The molecule has 0 saturated heterocycles. The summed E-state index contributed by atoms with van der Waals surface area (Å²) in [7, 11) is 2.91. The van der Waals surface area contributed by atoms with E-state index in [0.717, 1.165) is 0 Å². The second-order valence-corrected chi connectivity index (χ2v) is 3.96. The second kappa shape index (κ2) is 7.92. The average molecular weight is 275 g/mol. The molecule has 0 aromatic carbocycles.